The third kappa shape index (κ3) is 5.35. The lowest BCUT2D eigenvalue weighted by molar-refractivity contribution is -0.121. The summed E-state index contributed by atoms with van der Waals surface area (Å²) in [5.74, 6) is 2.12. The highest BCUT2D eigenvalue weighted by Gasteiger charge is 2.17. The van der Waals surface area contributed by atoms with Gasteiger partial charge in [-0.2, -0.15) is 0 Å². The zero-order chi connectivity index (χ0) is 21.3. The largest absolute Gasteiger partial charge is 0.497 e. The van der Waals surface area contributed by atoms with Crippen LogP contribution in [-0.4, -0.2) is 31.3 Å². The summed E-state index contributed by atoms with van der Waals surface area (Å²) in [7, 11) is 3.25. The molecule has 3 aromatic rings. The van der Waals surface area contributed by atoms with Gasteiger partial charge in [0.25, 0.3) is 0 Å². The van der Waals surface area contributed by atoms with Gasteiger partial charge in [0.05, 0.1) is 33.3 Å². The predicted octanol–water partition coefficient (Wildman–Crippen LogP) is 4.20. The maximum Gasteiger partial charge on any atom is 0.222 e. The van der Waals surface area contributed by atoms with Crippen LogP contribution in [-0.2, 0) is 11.3 Å². The number of carbonyl (C=O) groups excluding carboxylic acids is 1. The van der Waals surface area contributed by atoms with Gasteiger partial charge in [-0.3, -0.25) is 4.79 Å². The smallest absolute Gasteiger partial charge is 0.222 e. The molecule has 0 bridgehead atoms. The van der Waals surface area contributed by atoms with Crippen LogP contribution in [0.15, 0.2) is 67.0 Å². The first-order valence-electron chi connectivity index (χ1n) is 9.97. The molecule has 1 aromatic heterocycles. The topological polar surface area (TPSA) is 61.7 Å². The molecule has 3 rings (SSSR count). The van der Waals surface area contributed by atoms with E-state index in [4.69, 9.17) is 14.2 Å². The van der Waals surface area contributed by atoms with Crippen molar-refractivity contribution in [2.45, 2.75) is 25.9 Å². The lowest BCUT2D eigenvalue weighted by Crippen LogP contribution is -2.26. The maximum atomic E-state index is 12.7. The second kappa shape index (κ2) is 10.4. The van der Waals surface area contributed by atoms with E-state index in [2.05, 4.69) is 5.32 Å². The second-order valence-electron chi connectivity index (χ2n) is 6.82. The predicted molar refractivity (Wildman–Crippen MR) is 116 cm³/mol. The van der Waals surface area contributed by atoms with Crippen molar-refractivity contribution in [2.75, 3.05) is 20.8 Å². The molecular weight excluding hydrogens is 380 g/mol. The number of benzene rings is 2. The standard InChI is InChI=1S/C24H28N2O4/c1-4-30-22-12-7-18(15-23(22)29-3)17-25-24(27)16-21(26-13-5-6-14-26)19-8-10-20(28-2)11-9-19/h5-15,21H,4,16-17H2,1-3H3,(H,25,27)/t21-/m0/s1. The zero-order valence-corrected chi connectivity index (χ0v) is 17.6. The normalized spacial score (nSPS) is 11.6. The summed E-state index contributed by atoms with van der Waals surface area (Å²) in [6, 6.07) is 17.3. The van der Waals surface area contributed by atoms with E-state index in [9.17, 15) is 4.79 Å². The van der Waals surface area contributed by atoms with E-state index < -0.39 is 0 Å². The number of hydrogen-bond acceptors (Lipinski definition) is 4. The summed E-state index contributed by atoms with van der Waals surface area (Å²) in [4.78, 5) is 12.7. The molecule has 0 radical (unpaired) electrons. The van der Waals surface area contributed by atoms with Gasteiger partial charge < -0.3 is 24.1 Å². The van der Waals surface area contributed by atoms with Gasteiger partial charge in [-0.05, 0) is 54.4 Å². The average Bonchev–Trinajstić information content (AvgIpc) is 3.31. The van der Waals surface area contributed by atoms with Gasteiger partial charge in [0.1, 0.15) is 5.75 Å². The van der Waals surface area contributed by atoms with E-state index >= 15 is 0 Å². The number of aromatic nitrogens is 1. The number of amides is 1. The Morgan fingerprint density at radius 2 is 1.73 bits per heavy atom. The molecule has 0 aliphatic rings. The summed E-state index contributed by atoms with van der Waals surface area (Å²) in [5, 5.41) is 3.01. The van der Waals surface area contributed by atoms with Crippen LogP contribution in [0.25, 0.3) is 0 Å². The van der Waals surface area contributed by atoms with Crippen LogP contribution in [0.5, 0.6) is 17.2 Å². The Hall–Kier alpha value is -3.41. The van der Waals surface area contributed by atoms with Crippen LogP contribution in [0.4, 0.5) is 0 Å². The first-order chi connectivity index (χ1) is 14.6. The summed E-state index contributed by atoms with van der Waals surface area (Å²) >= 11 is 0. The Kier molecular flexibility index (Phi) is 7.38. The molecule has 1 heterocycles. The average molecular weight is 408 g/mol. The molecule has 0 saturated heterocycles. The minimum atomic E-state index is -0.0965. The van der Waals surface area contributed by atoms with Crippen molar-refractivity contribution < 1.29 is 19.0 Å². The third-order valence-electron chi connectivity index (χ3n) is 4.88. The summed E-state index contributed by atoms with van der Waals surface area (Å²) in [6.07, 6.45) is 4.27. The van der Waals surface area contributed by atoms with E-state index in [-0.39, 0.29) is 11.9 Å². The molecule has 6 heteroatoms. The van der Waals surface area contributed by atoms with Crippen molar-refractivity contribution in [2.24, 2.45) is 0 Å². The van der Waals surface area contributed by atoms with E-state index in [1.807, 2.05) is 78.5 Å². The van der Waals surface area contributed by atoms with E-state index in [0.717, 1.165) is 16.9 Å². The van der Waals surface area contributed by atoms with Crippen molar-refractivity contribution in [1.82, 2.24) is 9.88 Å². The number of carbonyl (C=O) groups is 1. The fourth-order valence-corrected chi connectivity index (χ4v) is 3.32. The number of methoxy groups -OCH3 is 2. The first kappa shape index (κ1) is 21.3. The molecular formula is C24H28N2O4. The summed E-state index contributed by atoms with van der Waals surface area (Å²) in [5.41, 5.74) is 2.00. The highest BCUT2D eigenvalue weighted by atomic mass is 16.5. The Labute approximate surface area is 177 Å². The molecule has 1 amide bonds. The van der Waals surface area contributed by atoms with Crippen LogP contribution in [0.1, 0.15) is 30.5 Å². The van der Waals surface area contributed by atoms with Gasteiger partial charge in [-0.1, -0.05) is 18.2 Å². The molecule has 30 heavy (non-hydrogen) atoms. The van der Waals surface area contributed by atoms with Crippen molar-refractivity contribution in [3.63, 3.8) is 0 Å². The maximum absolute atomic E-state index is 12.7. The molecule has 158 valence electrons. The molecule has 1 atom stereocenters. The SMILES string of the molecule is CCOc1ccc(CNC(=O)C[C@@H](c2ccc(OC)cc2)n2cccc2)cc1OC. The van der Waals surface area contributed by atoms with E-state index in [1.54, 1.807) is 14.2 Å². The molecule has 0 fully saturated rings. The fraction of sp³-hybridized carbons (Fsp3) is 0.292. The van der Waals surface area contributed by atoms with E-state index in [0.29, 0.717) is 31.1 Å². The van der Waals surface area contributed by atoms with Crippen LogP contribution >= 0.6 is 0 Å². The molecule has 0 aliphatic carbocycles. The molecule has 0 unspecified atom stereocenters. The first-order valence-corrected chi connectivity index (χ1v) is 9.97. The quantitative estimate of drug-likeness (QED) is 0.546. The molecule has 6 nitrogen and oxygen atoms in total. The Morgan fingerprint density at radius 1 is 1.00 bits per heavy atom. The molecule has 0 aliphatic heterocycles. The number of ether oxygens (including phenoxy) is 3. The Bertz CT molecular complexity index is 936. The third-order valence-corrected chi connectivity index (χ3v) is 4.88. The van der Waals surface area contributed by atoms with E-state index in [1.165, 1.54) is 0 Å². The molecule has 0 saturated carbocycles. The minimum absolute atomic E-state index is 0.0302. The van der Waals surface area contributed by atoms with Gasteiger partial charge in [0.15, 0.2) is 11.5 Å². The van der Waals surface area contributed by atoms with Crippen molar-refractivity contribution in [1.29, 1.82) is 0 Å². The van der Waals surface area contributed by atoms with Crippen molar-refractivity contribution >= 4 is 5.91 Å². The summed E-state index contributed by atoms with van der Waals surface area (Å²) < 4.78 is 18.2. The van der Waals surface area contributed by atoms with Gasteiger partial charge >= 0.3 is 0 Å². The highest BCUT2D eigenvalue weighted by molar-refractivity contribution is 5.77. The monoisotopic (exact) mass is 408 g/mol. The summed E-state index contributed by atoms with van der Waals surface area (Å²) in [6.45, 7) is 2.92. The van der Waals surface area contributed by atoms with Gasteiger partial charge in [0.2, 0.25) is 5.91 Å². The zero-order valence-electron chi connectivity index (χ0n) is 17.6. The van der Waals surface area contributed by atoms with Crippen molar-refractivity contribution in [3.05, 3.63) is 78.1 Å². The van der Waals surface area contributed by atoms with Crippen LogP contribution in [0.3, 0.4) is 0 Å². The fourth-order valence-electron chi connectivity index (χ4n) is 3.32. The second-order valence-corrected chi connectivity index (χ2v) is 6.82. The minimum Gasteiger partial charge on any atom is -0.497 e. The number of hydrogen-bond donors (Lipinski definition) is 1. The Morgan fingerprint density at radius 3 is 2.37 bits per heavy atom. The van der Waals surface area contributed by atoms with Crippen LogP contribution in [0.2, 0.25) is 0 Å². The number of nitrogens with one attached hydrogen (secondary N) is 1. The molecule has 1 N–H and O–H groups in total. The molecule has 0 spiro atoms. The van der Waals surface area contributed by atoms with Crippen LogP contribution in [0, 0.1) is 0 Å². The Balaban J connectivity index is 1.67. The van der Waals surface area contributed by atoms with Gasteiger partial charge in [-0.15, -0.1) is 0 Å². The molecule has 2 aromatic carbocycles. The highest BCUT2D eigenvalue weighted by Crippen LogP contribution is 2.28. The van der Waals surface area contributed by atoms with Gasteiger partial charge in [-0.25, -0.2) is 0 Å². The number of rotatable bonds is 10. The van der Waals surface area contributed by atoms with Gasteiger partial charge in [0, 0.05) is 18.9 Å². The van der Waals surface area contributed by atoms with Crippen molar-refractivity contribution in [3.8, 4) is 17.2 Å². The van der Waals surface area contributed by atoms with Crippen LogP contribution < -0.4 is 19.5 Å². The lowest BCUT2D eigenvalue weighted by Gasteiger charge is -2.20. The number of nitrogens with zero attached hydrogens (tertiary/aromatic N) is 1. The lowest BCUT2D eigenvalue weighted by atomic mass is 10.0.